The van der Waals surface area contributed by atoms with Crippen molar-refractivity contribution in [2.75, 3.05) is 11.9 Å². The number of carbonyl (C=O) groups excluding carboxylic acids is 1. The van der Waals surface area contributed by atoms with Gasteiger partial charge in [-0.1, -0.05) is 12.1 Å². The van der Waals surface area contributed by atoms with Gasteiger partial charge in [-0.15, -0.1) is 0 Å². The maximum Gasteiger partial charge on any atom is 0.229 e. The largest absolute Gasteiger partial charge is 0.494 e. The minimum atomic E-state index is -0.0214. The molecule has 1 aromatic heterocycles. The highest BCUT2D eigenvalue weighted by Gasteiger charge is 2.22. The Morgan fingerprint density at radius 2 is 2.14 bits per heavy atom. The SMILES string of the molecule is CCOc1ccc(CC(=O)Nc2c3c(nn2C)CSC3)cc1. The second kappa shape index (κ2) is 6.44. The molecule has 1 aliphatic heterocycles. The summed E-state index contributed by atoms with van der Waals surface area (Å²) in [7, 11) is 1.87. The molecule has 0 atom stereocenters. The number of amides is 1. The quantitative estimate of drug-likeness (QED) is 0.921. The Balaban J connectivity index is 1.65. The van der Waals surface area contributed by atoms with E-state index >= 15 is 0 Å². The number of ether oxygens (including phenoxy) is 1. The highest BCUT2D eigenvalue weighted by Crippen LogP contribution is 2.34. The molecule has 0 saturated heterocycles. The number of hydrogen-bond donors (Lipinski definition) is 1. The number of carbonyl (C=O) groups is 1. The van der Waals surface area contributed by atoms with Gasteiger partial charge >= 0.3 is 0 Å². The molecule has 0 radical (unpaired) electrons. The molecule has 6 heteroatoms. The molecule has 1 aromatic carbocycles. The van der Waals surface area contributed by atoms with Gasteiger partial charge < -0.3 is 10.1 Å². The van der Waals surface area contributed by atoms with Gasteiger partial charge in [0.2, 0.25) is 5.91 Å². The van der Waals surface area contributed by atoms with Crippen LogP contribution in [0.25, 0.3) is 0 Å². The summed E-state index contributed by atoms with van der Waals surface area (Å²) in [6.07, 6.45) is 0.347. The average Bonchev–Trinajstić information content (AvgIpc) is 3.05. The molecule has 0 saturated carbocycles. The summed E-state index contributed by atoms with van der Waals surface area (Å²) >= 11 is 1.83. The molecule has 0 aliphatic carbocycles. The van der Waals surface area contributed by atoms with E-state index < -0.39 is 0 Å². The lowest BCUT2D eigenvalue weighted by Gasteiger charge is -2.08. The van der Waals surface area contributed by atoms with Crippen molar-refractivity contribution in [1.29, 1.82) is 0 Å². The van der Waals surface area contributed by atoms with Crippen LogP contribution in [0.15, 0.2) is 24.3 Å². The summed E-state index contributed by atoms with van der Waals surface area (Å²) in [5.74, 6) is 3.48. The number of aromatic nitrogens is 2. The van der Waals surface area contributed by atoms with Gasteiger partial charge in [-0.05, 0) is 24.6 Å². The molecule has 1 aliphatic rings. The first-order valence-electron chi connectivity index (χ1n) is 7.31. The number of thioether (sulfide) groups is 1. The Bertz CT molecular complexity index is 679. The fourth-order valence-corrected chi connectivity index (χ4v) is 3.56. The zero-order chi connectivity index (χ0) is 15.5. The number of nitrogens with one attached hydrogen (secondary N) is 1. The number of benzene rings is 1. The third-order valence-electron chi connectivity index (χ3n) is 3.57. The lowest BCUT2D eigenvalue weighted by atomic mass is 10.1. The molecule has 116 valence electrons. The molecule has 0 unspecified atom stereocenters. The molecule has 0 fully saturated rings. The van der Waals surface area contributed by atoms with E-state index in [9.17, 15) is 4.79 Å². The van der Waals surface area contributed by atoms with Gasteiger partial charge in [-0.3, -0.25) is 9.48 Å². The van der Waals surface area contributed by atoms with Crippen LogP contribution in [0.2, 0.25) is 0 Å². The molecule has 22 heavy (non-hydrogen) atoms. The molecule has 0 spiro atoms. The van der Waals surface area contributed by atoms with Crippen LogP contribution in [0.3, 0.4) is 0 Å². The van der Waals surface area contributed by atoms with Crippen molar-refractivity contribution in [2.24, 2.45) is 7.05 Å². The number of nitrogens with zero attached hydrogens (tertiary/aromatic N) is 2. The fraction of sp³-hybridized carbons (Fsp3) is 0.375. The molecular formula is C16H19N3O2S. The first-order valence-corrected chi connectivity index (χ1v) is 8.47. The van der Waals surface area contributed by atoms with Gasteiger partial charge in [0.15, 0.2) is 0 Å². The summed E-state index contributed by atoms with van der Waals surface area (Å²) < 4.78 is 7.17. The minimum Gasteiger partial charge on any atom is -0.494 e. The van der Waals surface area contributed by atoms with E-state index in [1.165, 1.54) is 0 Å². The normalized spacial score (nSPS) is 13.0. The molecule has 3 rings (SSSR count). The molecule has 0 bridgehead atoms. The third-order valence-corrected chi connectivity index (χ3v) is 4.54. The predicted octanol–water partition coefficient (Wildman–Crippen LogP) is 2.75. The highest BCUT2D eigenvalue weighted by molar-refractivity contribution is 7.98. The first-order chi connectivity index (χ1) is 10.7. The number of rotatable bonds is 5. The van der Waals surface area contributed by atoms with Crippen LogP contribution in [0.4, 0.5) is 5.82 Å². The summed E-state index contributed by atoms with van der Waals surface area (Å²) in [6.45, 7) is 2.59. The van der Waals surface area contributed by atoms with Gasteiger partial charge in [0, 0.05) is 24.1 Å². The predicted molar refractivity (Wildman–Crippen MR) is 88.2 cm³/mol. The molecule has 2 aromatic rings. The number of fused-ring (bicyclic) bond motifs is 1. The number of aryl methyl sites for hydroxylation is 1. The number of anilines is 1. The topological polar surface area (TPSA) is 56.1 Å². The van der Waals surface area contributed by atoms with Gasteiger partial charge in [-0.2, -0.15) is 16.9 Å². The average molecular weight is 317 g/mol. The van der Waals surface area contributed by atoms with Gasteiger partial charge in [0.25, 0.3) is 0 Å². The smallest absolute Gasteiger partial charge is 0.229 e. The Hall–Kier alpha value is -1.95. The summed E-state index contributed by atoms with van der Waals surface area (Å²) in [5, 5.41) is 7.44. The van der Waals surface area contributed by atoms with Crippen LogP contribution < -0.4 is 10.1 Å². The van der Waals surface area contributed by atoms with Crippen LogP contribution >= 0.6 is 11.8 Å². The summed E-state index contributed by atoms with van der Waals surface area (Å²) in [4.78, 5) is 12.3. The molecule has 2 heterocycles. The highest BCUT2D eigenvalue weighted by atomic mass is 32.2. The van der Waals surface area contributed by atoms with Crippen LogP contribution in [-0.2, 0) is 29.8 Å². The summed E-state index contributed by atoms with van der Waals surface area (Å²) in [5.41, 5.74) is 3.21. The molecule has 5 nitrogen and oxygen atoms in total. The van der Waals surface area contributed by atoms with Gasteiger partial charge in [0.05, 0.1) is 18.7 Å². The minimum absolute atomic E-state index is 0.0214. The van der Waals surface area contributed by atoms with E-state index in [0.29, 0.717) is 13.0 Å². The lowest BCUT2D eigenvalue weighted by molar-refractivity contribution is -0.115. The molecular weight excluding hydrogens is 298 g/mol. The number of hydrogen-bond acceptors (Lipinski definition) is 4. The maximum atomic E-state index is 12.3. The van der Waals surface area contributed by atoms with Crippen LogP contribution in [0.1, 0.15) is 23.7 Å². The fourth-order valence-electron chi connectivity index (χ4n) is 2.53. The summed E-state index contributed by atoms with van der Waals surface area (Å²) in [6, 6.07) is 7.64. The van der Waals surface area contributed by atoms with Crippen molar-refractivity contribution < 1.29 is 9.53 Å². The van der Waals surface area contributed by atoms with Crippen molar-refractivity contribution in [3.8, 4) is 5.75 Å². The lowest BCUT2D eigenvalue weighted by Crippen LogP contribution is -2.17. The van der Waals surface area contributed by atoms with E-state index in [1.54, 1.807) is 4.68 Å². The zero-order valence-corrected chi connectivity index (χ0v) is 13.6. The van der Waals surface area contributed by atoms with Gasteiger partial charge in [0.1, 0.15) is 11.6 Å². The van der Waals surface area contributed by atoms with Crippen molar-refractivity contribution in [3.63, 3.8) is 0 Å². The van der Waals surface area contributed by atoms with E-state index in [0.717, 1.165) is 39.9 Å². The maximum absolute atomic E-state index is 12.3. The van der Waals surface area contributed by atoms with Crippen molar-refractivity contribution >= 4 is 23.5 Å². The third kappa shape index (κ3) is 3.11. The van der Waals surface area contributed by atoms with Crippen LogP contribution in [-0.4, -0.2) is 22.3 Å². The van der Waals surface area contributed by atoms with E-state index in [2.05, 4.69) is 10.4 Å². The van der Waals surface area contributed by atoms with E-state index in [-0.39, 0.29) is 5.91 Å². The van der Waals surface area contributed by atoms with Crippen molar-refractivity contribution in [1.82, 2.24) is 9.78 Å². The van der Waals surface area contributed by atoms with E-state index in [4.69, 9.17) is 4.74 Å². The van der Waals surface area contributed by atoms with E-state index in [1.807, 2.05) is 50.0 Å². The van der Waals surface area contributed by atoms with Crippen LogP contribution in [0, 0.1) is 0 Å². The molecule has 1 amide bonds. The van der Waals surface area contributed by atoms with Gasteiger partial charge in [-0.25, -0.2) is 0 Å². The molecule has 1 N–H and O–H groups in total. The van der Waals surface area contributed by atoms with Crippen molar-refractivity contribution in [2.45, 2.75) is 24.9 Å². The van der Waals surface area contributed by atoms with Crippen molar-refractivity contribution in [3.05, 3.63) is 41.1 Å². The zero-order valence-electron chi connectivity index (χ0n) is 12.8. The standard InChI is InChI=1S/C16H19N3O2S/c1-3-21-12-6-4-11(5-7-12)8-15(20)17-16-13-9-22-10-14(13)18-19(16)2/h4-7H,3,8-10H2,1-2H3,(H,17,20). The first kappa shape index (κ1) is 15.0. The monoisotopic (exact) mass is 317 g/mol. The van der Waals surface area contributed by atoms with Crippen LogP contribution in [0.5, 0.6) is 5.75 Å². The Morgan fingerprint density at radius 3 is 2.86 bits per heavy atom. The second-order valence-corrected chi connectivity index (χ2v) is 6.18. The Morgan fingerprint density at radius 1 is 1.36 bits per heavy atom. The Labute approximate surface area is 134 Å². The Kier molecular flexibility index (Phi) is 4.38. The second-order valence-electron chi connectivity index (χ2n) is 5.19.